The molecule has 0 aliphatic carbocycles. The number of piperazine rings is 1. The van der Waals surface area contributed by atoms with Crippen LogP contribution < -0.4 is 9.47 Å². The summed E-state index contributed by atoms with van der Waals surface area (Å²) in [7, 11) is -14.4. The van der Waals surface area contributed by atoms with Crippen LogP contribution in [0.4, 0.5) is 0 Å². The molecule has 3 saturated heterocycles. The molecule has 0 aromatic heterocycles. The molecule has 3 heterocycles. The number of hydrogen-bond acceptors (Lipinski definition) is 10. The summed E-state index contributed by atoms with van der Waals surface area (Å²) in [4.78, 5) is -0.504. The average Bonchev–Trinajstić information content (AvgIpc) is 3.34. The molecule has 5 rings (SSSR count). The first-order valence-corrected chi connectivity index (χ1v) is 18.8. The molecule has 0 unspecified atom stereocenters. The van der Waals surface area contributed by atoms with E-state index < -0.39 is 86.9 Å². The van der Waals surface area contributed by atoms with Crippen molar-refractivity contribution < 1.29 is 43.1 Å². The van der Waals surface area contributed by atoms with E-state index in [0.717, 1.165) is 8.61 Å². The van der Waals surface area contributed by atoms with Gasteiger partial charge in [0.1, 0.15) is 21.3 Å². The summed E-state index contributed by atoms with van der Waals surface area (Å²) in [6.07, 6.45) is 0. The van der Waals surface area contributed by atoms with Gasteiger partial charge in [0.15, 0.2) is 19.7 Å². The molecule has 220 valence electrons. The van der Waals surface area contributed by atoms with Crippen LogP contribution in [0.5, 0.6) is 11.5 Å². The van der Waals surface area contributed by atoms with Gasteiger partial charge in [-0.2, -0.15) is 8.61 Å². The summed E-state index contributed by atoms with van der Waals surface area (Å²) in [6.45, 7) is 3.34. The monoisotopic (exact) mass is 634 g/mol. The fourth-order valence-electron chi connectivity index (χ4n) is 6.00. The predicted octanol–water partition coefficient (Wildman–Crippen LogP) is 0.347. The number of aryl methyl sites for hydroxylation is 2. The Morgan fingerprint density at radius 1 is 0.625 bits per heavy atom. The molecule has 40 heavy (non-hydrogen) atoms. The summed E-state index contributed by atoms with van der Waals surface area (Å²) >= 11 is 0. The Morgan fingerprint density at radius 2 is 0.925 bits per heavy atom. The van der Waals surface area contributed by atoms with Crippen molar-refractivity contribution in [3.05, 3.63) is 47.5 Å². The number of nitrogens with zero attached hydrogens (tertiary/aromatic N) is 2. The zero-order valence-corrected chi connectivity index (χ0v) is 25.5. The van der Waals surface area contributed by atoms with Crippen LogP contribution in [0.3, 0.4) is 0 Å². The number of methoxy groups -OCH3 is 2. The Morgan fingerprint density at radius 3 is 1.20 bits per heavy atom. The molecule has 2 aromatic rings. The van der Waals surface area contributed by atoms with Crippen LogP contribution in [0.25, 0.3) is 0 Å². The van der Waals surface area contributed by atoms with Crippen LogP contribution in [0.15, 0.2) is 46.2 Å². The molecule has 4 atom stereocenters. The van der Waals surface area contributed by atoms with Crippen molar-refractivity contribution in [3.8, 4) is 11.5 Å². The van der Waals surface area contributed by atoms with Crippen molar-refractivity contribution in [3.63, 3.8) is 0 Å². The maximum Gasteiger partial charge on any atom is 0.247 e. The highest BCUT2D eigenvalue weighted by atomic mass is 32.2. The molecule has 0 N–H and O–H groups in total. The van der Waals surface area contributed by atoms with Gasteiger partial charge in [-0.3, -0.25) is 0 Å². The van der Waals surface area contributed by atoms with Crippen molar-refractivity contribution in [1.29, 1.82) is 0 Å². The number of benzene rings is 2. The third kappa shape index (κ3) is 4.71. The van der Waals surface area contributed by atoms with Crippen LogP contribution in [0, 0.1) is 13.8 Å². The fraction of sp³-hybridized carbons (Fsp3) is 0.500. The normalized spacial score (nSPS) is 28.1. The van der Waals surface area contributed by atoms with Gasteiger partial charge in [-0.25, -0.2) is 33.7 Å². The van der Waals surface area contributed by atoms with E-state index in [-0.39, 0.29) is 21.3 Å². The lowest BCUT2D eigenvalue weighted by molar-refractivity contribution is 0.0838. The van der Waals surface area contributed by atoms with Gasteiger partial charge in [-0.15, -0.1) is 0 Å². The molecular formula is C24H30N2O10S4. The zero-order chi connectivity index (χ0) is 29.4. The minimum absolute atomic E-state index is 0.0000404. The molecule has 3 aliphatic heterocycles. The first kappa shape index (κ1) is 29.3. The lowest BCUT2D eigenvalue weighted by Gasteiger charge is -2.49. The minimum Gasteiger partial charge on any atom is -0.495 e. The summed E-state index contributed by atoms with van der Waals surface area (Å²) in [6, 6.07) is 3.49. The number of sulfonamides is 2. The molecule has 3 aliphatic rings. The van der Waals surface area contributed by atoms with E-state index in [1.54, 1.807) is 26.0 Å². The SMILES string of the molecule is COc1ccc(C)cc1S(=O)(=O)N1[C@@H]2CS(=O)(=O)C[C@@H]2N(S(=O)(=O)c2cc(C)ccc2OC)[C@H]2CS(=O)(=O)C[C@@H]21. The van der Waals surface area contributed by atoms with Crippen LogP contribution >= 0.6 is 0 Å². The highest BCUT2D eigenvalue weighted by Crippen LogP contribution is 2.45. The topological polar surface area (TPSA) is 162 Å². The molecule has 3 fully saturated rings. The average molecular weight is 635 g/mol. The highest BCUT2D eigenvalue weighted by Gasteiger charge is 2.64. The van der Waals surface area contributed by atoms with Crippen LogP contribution in [-0.4, -0.2) is 104 Å². The molecule has 0 bridgehead atoms. The number of sulfone groups is 2. The van der Waals surface area contributed by atoms with Crippen molar-refractivity contribution in [2.45, 2.75) is 47.8 Å². The molecule has 0 saturated carbocycles. The second-order valence-electron chi connectivity index (χ2n) is 10.4. The number of fused-ring (bicyclic) bond motifs is 2. The predicted molar refractivity (Wildman–Crippen MR) is 146 cm³/mol. The van der Waals surface area contributed by atoms with Gasteiger partial charge in [0.05, 0.1) is 61.4 Å². The van der Waals surface area contributed by atoms with Crippen LogP contribution in [0.2, 0.25) is 0 Å². The first-order chi connectivity index (χ1) is 18.5. The zero-order valence-electron chi connectivity index (χ0n) is 22.2. The van der Waals surface area contributed by atoms with Gasteiger partial charge in [0.25, 0.3) is 0 Å². The van der Waals surface area contributed by atoms with Crippen molar-refractivity contribution >= 4 is 39.7 Å². The Labute approximate surface area is 234 Å². The summed E-state index contributed by atoms with van der Waals surface area (Å²) in [5.41, 5.74) is 1.16. The quantitative estimate of drug-likeness (QED) is 0.434. The third-order valence-electron chi connectivity index (χ3n) is 7.64. The van der Waals surface area contributed by atoms with Crippen molar-refractivity contribution in [2.24, 2.45) is 0 Å². The van der Waals surface area contributed by atoms with Crippen LogP contribution in [-0.2, 0) is 39.7 Å². The largest absolute Gasteiger partial charge is 0.495 e. The third-order valence-corrected chi connectivity index (χ3v) is 15.0. The van der Waals surface area contributed by atoms with E-state index in [0.29, 0.717) is 11.1 Å². The number of ether oxygens (including phenoxy) is 2. The van der Waals surface area contributed by atoms with Crippen molar-refractivity contribution in [2.75, 3.05) is 37.2 Å². The lowest BCUT2D eigenvalue weighted by atomic mass is 10.0. The number of rotatable bonds is 6. The van der Waals surface area contributed by atoms with Crippen LogP contribution in [0.1, 0.15) is 11.1 Å². The van der Waals surface area contributed by atoms with Gasteiger partial charge < -0.3 is 9.47 Å². The second kappa shape index (κ2) is 9.66. The maximum atomic E-state index is 14.3. The van der Waals surface area contributed by atoms with Crippen molar-refractivity contribution in [1.82, 2.24) is 8.61 Å². The number of hydrogen-bond donors (Lipinski definition) is 0. The molecule has 16 heteroatoms. The highest BCUT2D eigenvalue weighted by molar-refractivity contribution is 7.93. The molecule has 0 amide bonds. The second-order valence-corrected chi connectivity index (χ2v) is 18.3. The summed E-state index contributed by atoms with van der Waals surface area (Å²) < 4.78 is 122. The molecule has 12 nitrogen and oxygen atoms in total. The van der Waals surface area contributed by atoms with E-state index in [4.69, 9.17) is 9.47 Å². The molecule has 0 radical (unpaired) electrons. The van der Waals surface area contributed by atoms with Gasteiger partial charge in [-0.05, 0) is 49.2 Å². The maximum absolute atomic E-state index is 14.3. The van der Waals surface area contributed by atoms with E-state index in [2.05, 4.69) is 0 Å². The van der Waals surface area contributed by atoms with Gasteiger partial charge in [0, 0.05) is 0 Å². The van der Waals surface area contributed by atoms with E-state index in [1.807, 2.05) is 0 Å². The Balaban J connectivity index is 1.75. The first-order valence-electron chi connectivity index (χ1n) is 12.3. The van der Waals surface area contributed by atoms with E-state index in [9.17, 15) is 33.7 Å². The van der Waals surface area contributed by atoms with E-state index >= 15 is 0 Å². The summed E-state index contributed by atoms with van der Waals surface area (Å²) in [5.74, 6) is -2.65. The van der Waals surface area contributed by atoms with E-state index in [1.165, 1.54) is 38.5 Å². The standard InChI is InChI=1S/C24H30N2O10S4/c1-15-5-7-21(35-3)23(9-15)39(31,32)25-17-11-37(27,28)13-19(17)26(20-14-38(29,30)12-18(20)25)40(33,34)24-10-16(2)6-8-22(24)36-4/h5-10,17-20H,11-14H2,1-4H3/t17-,18-,19-,20+/m0/s1. The summed E-state index contributed by atoms with van der Waals surface area (Å²) in [5, 5.41) is 0. The smallest absolute Gasteiger partial charge is 0.247 e. The Hall–Kier alpha value is -2.24. The van der Waals surface area contributed by atoms with Gasteiger partial charge in [0.2, 0.25) is 20.0 Å². The Kier molecular flexibility index (Phi) is 7.07. The molecular weight excluding hydrogens is 605 g/mol. The Bertz CT molecular complexity index is 1640. The lowest BCUT2D eigenvalue weighted by Crippen LogP contribution is -2.69. The molecule has 0 spiro atoms. The minimum atomic E-state index is -4.56. The molecule has 2 aromatic carbocycles. The van der Waals surface area contributed by atoms with Gasteiger partial charge in [-0.1, -0.05) is 12.1 Å². The fourth-order valence-corrected chi connectivity index (χ4v) is 14.5. The van der Waals surface area contributed by atoms with Gasteiger partial charge >= 0.3 is 0 Å².